The lowest BCUT2D eigenvalue weighted by atomic mass is 10.2. The van der Waals surface area contributed by atoms with Crippen LogP contribution < -0.4 is 10.5 Å². The zero-order valence-corrected chi connectivity index (χ0v) is 16.8. The molecule has 3 heterocycles. The van der Waals surface area contributed by atoms with Gasteiger partial charge in [0.05, 0.1) is 12.2 Å². The number of nitrogens with zero attached hydrogens (tertiary/aromatic N) is 4. The summed E-state index contributed by atoms with van der Waals surface area (Å²) >= 11 is 0. The number of anilines is 1. The first kappa shape index (κ1) is 21.4. The molecule has 2 aliphatic carbocycles. The van der Waals surface area contributed by atoms with Gasteiger partial charge in [-0.1, -0.05) is 0 Å². The van der Waals surface area contributed by atoms with Gasteiger partial charge in [-0.15, -0.1) is 13.2 Å². The van der Waals surface area contributed by atoms with Crippen LogP contribution in [0.15, 0.2) is 18.5 Å². The van der Waals surface area contributed by atoms with Crippen LogP contribution in [-0.4, -0.2) is 51.6 Å². The molecule has 2 aromatic rings. The monoisotopic (exact) mass is 461 g/mol. The number of ether oxygens (including phenoxy) is 1. The Kier molecular flexibility index (Phi) is 4.84. The fourth-order valence-corrected chi connectivity index (χ4v) is 4.74. The molecule has 2 aromatic heterocycles. The number of nitrogen functional groups attached to an aromatic ring is 1. The summed E-state index contributed by atoms with van der Waals surface area (Å²) in [5, 5.41) is 0. The van der Waals surface area contributed by atoms with Gasteiger partial charge in [-0.25, -0.2) is 9.97 Å². The maximum Gasteiger partial charge on any atom is 0.573 e. The second-order valence-corrected chi connectivity index (χ2v) is 8.88. The van der Waals surface area contributed by atoms with Crippen molar-refractivity contribution in [1.82, 2.24) is 19.4 Å². The predicted molar refractivity (Wildman–Crippen MR) is 101 cm³/mol. The van der Waals surface area contributed by atoms with E-state index < -0.39 is 24.8 Å². The highest BCUT2D eigenvalue weighted by Gasteiger charge is 2.58. The molecule has 12 heteroatoms. The normalized spacial score (nSPS) is 25.8. The van der Waals surface area contributed by atoms with Crippen molar-refractivity contribution >= 4 is 5.82 Å². The number of pyridine rings is 1. The number of fused-ring (bicyclic) bond motifs is 1. The third-order valence-electron chi connectivity index (χ3n) is 6.33. The smallest absolute Gasteiger partial charge is 0.402 e. The molecule has 0 aromatic carbocycles. The van der Waals surface area contributed by atoms with Crippen LogP contribution in [0.5, 0.6) is 5.75 Å². The number of likely N-dealkylation sites (tertiary alicyclic amines) is 1. The van der Waals surface area contributed by atoms with Gasteiger partial charge in [0.25, 0.3) is 0 Å². The van der Waals surface area contributed by atoms with E-state index in [0.717, 1.165) is 31.2 Å². The Hall–Kier alpha value is -2.50. The van der Waals surface area contributed by atoms with Crippen molar-refractivity contribution in [3.8, 4) is 17.0 Å². The average molecular weight is 461 g/mol. The summed E-state index contributed by atoms with van der Waals surface area (Å²) in [6.07, 6.45) is -3.11. The van der Waals surface area contributed by atoms with Gasteiger partial charge in [0.2, 0.25) is 0 Å². The number of aromatic nitrogens is 3. The molecule has 32 heavy (non-hydrogen) atoms. The van der Waals surface area contributed by atoms with E-state index in [1.807, 2.05) is 4.57 Å². The lowest BCUT2D eigenvalue weighted by Crippen LogP contribution is -2.34. The Morgan fingerprint density at radius 3 is 2.38 bits per heavy atom. The summed E-state index contributed by atoms with van der Waals surface area (Å²) in [6.45, 7) is -0.160. The Labute approximate surface area is 179 Å². The van der Waals surface area contributed by atoms with Gasteiger partial charge >= 0.3 is 12.5 Å². The van der Waals surface area contributed by atoms with Crippen LogP contribution in [0.25, 0.3) is 11.3 Å². The molecule has 0 radical (unpaired) electrons. The Balaban J connectivity index is 1.38. The molecular formula is C20H21F6N5O. The maximum atomic E-state index is 12.7. The van der Waals surface area contributed by atoms with Crippen LogP contribution in [-0.2, 0) is 6.42 Å². The minimum absolute atomic E-state index is 0.0575. The molecule has 2 N–H and O–H groups in total. The van der Waals surface area contributed by atoms with Crippen molar-refractivity contribution in [2.75, 3.05) is 25.4 Å². The highest BCUT2D eigenvalue weighted by Crippen LogP contribution is 2.56. The first-order valence-electron chi connectivity index (χ1n) is 10.4. The number of hydrogen-bond donors (Lipinski definition) is 1. The average Bonchev–Trinajstić information content (AvgIpc) is 3.50. The van der Waals surface area contributed by atoms with Gasteiger partial charge in [-0.05, 0) is 36.7 Å². The zero-order chi connectivity index (χ0) is 22.8. The van der Waals surface area contributed by atoms with Gasteiger partial charge in [0.15, 0.2) is 11.6 Å². The highest BCUT2D eigenvalue weighted by molar-refractivity contribution is 5.64. The van der Waals surface area contributed by atoms with Crippen molar-refractivity contribution in [2.45, 2.75) is 37.8 Å². The standard InChI is InChI=1S/C20H21F6N5O/c21-19(22,23)9-30-6-12-13(7-30)17(12)31-8-14(29-16(31)3-10-1-2-10)11-4-15(18(27)28-5-11)32-20(24,25)26/h4-5,8,10,12-13,17H,1-3,6-7,9H2,(H2,27,28)/t12-,13+,17+. The molecule has 6 nitrogen and oxygen atoms in total. The van der Waals surface area contributed by atoms with E-state index in [2.05, 4.69) is 14.7 Å². The predicted octanol–water partition coefficient (Wildman–Crippen LogP) is 4.04. The molecule has 0 spiro atoms. The van der Waals surface area contributed by atoms with Crippen molar-refractivity contribution in [3.63, 3.8) is 0 Å². The first-order chi connectivity index (χ1) is 15.0. The van der Waals surface area contributed by atoms with Crippen molar-refractivity contribution in [2.24, 2.45) is 17.8 Å². The van der Waals surface area contributed by atoms with Crippen LogP contribution in [0.4, 0.5) is 32.2 Å². The molecule has 0 unspecified atom stereocenters. The zero-order valence-electron chi connectivity index (χ0n) is 16.8. The Bertz CT molecular complexity index is 1000. The van der Waals surface area contributed by atoms with Gasteiger partial charge in [0.1, 0.15) is 5.82 Å². The molecule has 5 rings (SSSR count). The minimum Gasteiger partial charge on any atom is -0.402 e. The second-order valence-electron chi connectivity index (χ2n) is 8.88. The van der Waals surface area contributed by atoms with Gasteiger partial charge in [-0.2, -0.15) is 13.2 Å². The van der Waals surface area contributed by atoms with Crippen LogP contribution in [0.3, 0.4) is 0 Å². The summed E-state index contributed by atoms with van der Waals surface area (Å²) in [7, 11) is 0. The fraction of sp³-hybridized carbons (Fsp3) is 0.600. The van der Waals surface area contributed by atoms with Crippen LogP contribution in [0.1, 0.15) is 24.7 Å². The number of piperidine rings is 1. The van der Waals surface area contributed by atoms with E-state index in [1.165, 1.54) is 11.1 Å². The highest BCUT2D eigenvalue weighted by atomic mass is 19.4. The minimum atomic E-state index is -4.90. The topological polar surface area (TPSA) is 69.2 Å². The van der Waals surface area contributed by atoms with E-state index >= 15 is 0 Å². The molecular weight excluding hydrogens is 440 g/mol. The van der Waals surface area contributed by atoms with Crippen LogP contribution >= 0.6 is 0 Å². The van der Waals surface area contributed by atoms with Gasteiger partial charge in [0, 0.05) is 43.5 Å². The SMILES string of the molecule is Nc1ncc(-c2cn([C@H]3[C@@H]4CN(CC(F)(F)F)C[C@@H]43)c(CC3CC3)n2)cc1OC(F)(F)F. The van der Waals surface area contributed by atoms with Crippen LogP contribution in [0.2, 0.25) is 0 Å². The molecule has 1 saturated heterocycles. The largest absolute Gasteiger partial charge is 0.573 e. The molecule has 3 fully saturated rings. The van der Waals surface area contributed by atoms with E-state index in [4.69, 9.17) is 5.73 Å². The van der Waals surface area contributed by atoms with Crippen molar-refractivity contribution in [3.05, 3.63) is 24.3 Å². The molecule has 174 valence electrons. The third-order valence-corrected chi connectivity index (χ3v) is 6.33. The summed E-state index contributed by atoms with van der Waals surface area (Å²) in [5.74, 6) is 0.568. The molecule has 2 saturated carbocycles. The molecule has 0 bridgehead atoms. The molecule has 3 atom stereocenters. The van der Waals surface area contributed by atoms with Gasteiger partial charge in [-0.3, -0.25) is 4.90 Å². The quantitative estimate of drug-likeness (QED) is 0.658. The number of imidazole rings is 1. The van der Waals surface area contributed by atoms with E-state index in [1.54, 1.807) is 6.20 Å². The Morgan fingerprint density at radius 1 is 1.09 bits per heavy atom. The Morgan fingerprint density at radius 2 is 1.78 bits per heavy atom. The number of rotatable bonds is 6. The molecule has 0 amide bonds. The van der Waals surface area contributed by atoms with Gasteiger partial charge < -0.3 is 15.0 Å². The second kappa shape index (κ2) is 7.26. The van der Waals surface area contributed by atoms with E-state index in [0.29, 0.717) is 30.3 Å². The number of alkyl halides is 6. The number of hydrogen-bond acceptors (Lipinski definition) is 5. The van der Waals surface area contributed by atoms with E-state index in [9.17, 15) is 26.3 Å². The van der Waals surface area contributed by atoms with Crippen LogP contribution in [0, 0.1) is 17.8 Å². The summed E-state index contributed by atoms with van der Waals surface area (Å²) < 4.78 is 82.0. The maximum absolute atomic E-state index is 12.7. The number of halogens is 6. The summed E-state index contributed by atoms with van der Waals surface area (Å²) in [4.78, 5) is 9.88. The molecule has 3 aliphatic rings. The lowest BCUT2D eigenvalue weighted by Gasteiger charge is -2.21. The first-order valence-corrected chi connectivity index (χ1v) is 10.4. The third kappa shape index (κ3) is 4.50. The van der Waals surface area contributed by atoms with Crippen molar-refractivity contribution < 1.29 is 31.1 Å². The summed E-state index contributed by atoms with van der Waals surface area (Å²) in [6, 6.07) is 1.21. The number of nitrogens with two attached hydrogens (primary N) is 1. The lowest BCUT2D eigenvalue weighted by molar-refractivity contribution is -0.274. The summed E-state index contributed by atoms with van der Waals surface area (Å²) in [5.41, 5.74) is 6.29. The molecule has 1 aliphatic heterocycles. The fourth-order valence-electron chi connectivity index (χ4n) is 4.74. The van der Waals surface area contributed by atoms with E-state index in [-0.39, 0.29) is 23.7 Å². The van der Waals surface area contributed by atoms with Crippen molar-refractivity contribution in [1.29, 1.82) is 0 Å².